The monoisotopic (exact) mass is 135 g/mol. The van der Waals surface area contributed by atoms with Gasteiger partial charge in [-0.25, -0.2) is 4.99 Å². The fourth-order valence-electron chi connectivity index (χ4n) is 0.193. The van der Waals surface area contributed by atoms with Crippen LogP contribution in [0.5, 0.6) is 0 Å². The van der Waals surface area contributed by atoms with Crippen molar-refractivity contribution < 1.29 is 10.2 Å². The van der Waals surface area contributed by atoms with Gasteiger partial charge in [-0.1, -0.05) is 0 Å². The average molecular weight is 135 g/mol. The van der Waals surface area contributed by atoms with Gasteiger partial charge < -0.3 is 5.21 Å². The molecule has 0 saturated carbocycles. The van der Waals surface area contributed by atoms with E-state index in [2.05, 4.69) is 22.4 Å². The minimum absolute atomic E-state index is 1.09. The highest BCUT2D eigenvalue weighted by Crippen LogP contribution is 1.84. The predicted octanol–water partition coefficient (Wildman–Crippen LogP) is -3.60. The normalized spacial score (nSPS) is 15.1. The number of aliphatic imine (C=N–C) groups is 1. The molecule has 0 aromatic carbocycles. The van der Waals surface area contributed by atoms with Gasteiger partial charge in [0.25, 0.3) is 0 Å². The summed E-state index contributed by atoms with van der Waals surface area (Å²) < 4.78 is 0. The summed E-state index contributed by atoms with van der Waals surface area (Å²) in [6.07, 6.45) is 0. The number of hydrogen-bond donors (Lipinski definition) is 4. The van der Waals surface area contributed by atoms with Gasteiger partial charge in [0.05, 0.1) is 0 Å². The molecule has 0 amide bonds. The van der Waals surface area contributed by atoms with Crippen LogP contribution < -0.4 is 22.6 Å². The van der Waals surface area contributed by atoms with Gasteiger partial charge in [-0.05, 0) is 6.72 Å². The Morgan fingerprint density at radius 2 is 2.11 bits per heavy atom. The predicted molar refractivity (Wildman–Crippen MR) is 30.3 cm³/mol. The van der Waals surface area contributed by atoms with Gasteiger partial charge in [-0.15, -0.1) is 16.0 Å². The molecule has 0 aromatic heterocycles. The molecule has 0 radical (unpaired) electrons. The summed E-state index contributed by atoms with van der Waals surface area (Å²) in [6.45, 7) is 2.95. The lowest BCUT2D eigenvalue weighted by Crippen LogP contribution is -3.14. The fraction of sp³-hybridized carbons (Fsp3) is 0.500. The molecule has 9 heavy (non-hydrogen) atoms. The molecule has 0 bridgehead atoms. The zero-order chi connectivity index (χ0) is 7.49. The SMILES string of the molecule is C=NC(N)(N)O[NH+](N)[O-]. The Balaban J connectivity index is 3.71. The molecule has 1 atom stereocenters. The summed E-state index contributed by atoms with van der Waals surface area (Å²) >= 11 is 0. The van der Waals surface area contributed by atoms with Crippen molar-refractivity contribution in [1.29, 1.82) is 0 Å². The number of nitrogens with two attached hydrogens (primary N) is 3. The van der Waals surface area contributed by atoms with Crippen molar-refractivity contribution in [3.8, 4) is 0 Å². The molecule has 0 heterocycles. The average Bonchev–Trinajstić information content (AvgIpc) is 1.63. The second-order valence-electron chi connectivity index (χ2n) is 1.33. The lowest BCUT2D eigenvalue weighted by Gasteiger charge is -2.21. The molecule has 0 saturated heterocycles. The molecule has 0 aliphatic carbocycles. The van der Waals surface area contributed by atoms with Crippen molar-refractivity contribution in [2.75, 3.05) is 0 Å². The maximum absolute atomic E-state index is 9.93. The Hall–Kier alpha value is -0.570. The van der Waals surface area contributed by atoms with Crippen LogP contribution in [0, 0.1) is 5.21 Å². The van der Waals surface area contributed by atoms with Crippen LogP contribution >= 0.6 is 0 Å². The van der Waals surface area contributed by atoms with E-state index in [1.54, 1.807) is 0 Å². The Morgan fingerprint density at radius 1 is 1.67 bits per heavy atom. The van der Waals surface area contributed by atoms with E-state index in [1.165, 1.54) is 0 Å². The van der Waals surface area contributed by atoms with E-state index in [1.807, 2.05) is 0 Å². The van der Waals surface area contributed by atoms with Gasteiger partial charge in [0.2, 0.25) is 0 Å². The number of quaternary nitrogens is 1. The van der Waals surface area contributed by atoms with Crippen LogP contribution in [0.1, 0.15) is 0 Å². The number of nitrogens with zero attached hydrogens (tertiary/aromatic N) is 1. The van der Waals surface area contributed by atoms with Gasteiger partial charge in [-0.2, -0.15) is 0 Å². The minimum atomic E-state index is -1.90. The first-order chi connectivity index (χ1) is 3.98. The van der Waals surface area contributed by atoms with Crippen molar-refractivity contribution in [2.45, 2.75) is 5.97 Å². The Bertz CT molecular complexity index is 101. The lowest BCUT2D eigenvalue weighted by atomic mass is 10.8. The molecular formula is C2H9N5O2. The largest absolute Gasteiger partial charge is 0.579 e. The summed E-state index contributed by atoms with van der Waals surface area (Å²) in [5.74, 6) is 2.65. The van der Waals surface area contributed by atoms with E-state index in [0.717, 1.165) is 0 Å². The first-order valence-corrected chi connectivity index (χ1v) is 2.02. The molecule has 7 N–H and O–H groups in total. The number of nitrogens with one attached hydrogen (secondary N) is 1. The highest BCUT2D eigenvalue weighted by atomic mass is 16.9. The number of hydrogen-bond acceptors (Lipinski definition) is 6. The summed E-state index contributed by atoms with van der Waals surface area (Å²) in [6, 6.07) is 0. The Morgan fingerprint density at radius 3 is 2.22 bits per heavy atom. The van der Waals surface area contributed by atoms with E-state index in [0.29, 0.717) is 0 Å². The third kappa shape index (κ3) is 3.97. The highest BCUT2D eigenvalue weighted by Gasteiger charge is 2.20. The summed E-state index contributed by atoms with van der Waals surface area (Å²) in [5, 5.41) is 8.84. The standard InChI is InChI=1S/C2H9N5O2/c1-6-2(3,4)9-7(5)8/h7H,1,3-5H2. The lowest BCUT2D eigenvalue weighted by molar-refractivity contribution is -1.07. The van der Waals surface area contributed by atoms with E-state index >= 15 is 0 Å². The van der Waals surface area contributed by atoms with E-state index in [9.17, 15) is 5.21 Å². The first kappa shape index (κ1) is 8.43. The molecule has 0 aromatic rings. The topological polar surface area (TPSA) is 127 Å². The van der Waals surface area contributed by atoms with Crippen molar-refractivity contribution in [3.05, 3.63) is 5.21 Å². The van der Waals surface area contributed by atoms with Crippen molar-refractivity contribution in [2.24, 2.45) is 22.3 Å². The second-order valence-corrected chi connectivity index (χ2v) is 1.33. The minimum Gasteiger partial charge on any atom is -0.579 e. The van der Waals surface area contributed by atoms with Crippen LogP contribution in [0.25, 0.3) is 0 Å². The van der Waals surface area contributed by atoms with Crippen molar-refractivity contribution in [3.63, 3.8) is 0 Å². The van der Waals surface area contributed by atoms with Gasteiger partial charge in [0.1, 0.15) is 0 Å². The summed E-state index contributed by atoms with van der Waals surface area (Å²) in [7, 11) is 0. The van der Waals surface area contributed by atoms with Gasteiger partial charge in [0, 0.05) is 0 Å². The molecule has 7 nitrogen and oxygen atoms in total. The molecule has 1 unspecified atom stereocenters. The van der Waals surface area contributed by atoms with E-state index in [4.69, 9.17) is 11.5 Å². The highest BCUT2D eigenvalue weighted by molar-refractivity contribution is 5.24. The van der Waals surface area contributed by atoms with Crippen LogP contribution in [0.4, 0.5) is 0 Å². The zero-order valence-corrected chi connectivity index (χ0v) is 4.70. The molecule has 0 aliphatic heterocycles. The maximum atomic E-state index is 9.93. The van der Waals surface area contributed by atoms with Gasteiger partial charge in [0.15, 0.2) is 0 Å². The Kier molecular flexibility index (Phi) is 2.65. The summed E-state index contributed by atoms with van der Waals surface area (Å²) in [5.41, 5.74) is 9.88. The van der Waals surface area contributed by atoms with Crippen LogP contribution in [0.3, 0.4) is 0 Å². The van der Waals surface area contributed by atoms with Crippen LogP contribution in [0.15, 0.2) is 4.99 Å². The van der Waals surface area contributed by atoms with Crippen LogP contribution in [-0.2, 0) is 4.84 Å². The van der Waals surface area contributed by atoms with E-state index in [-0.39, 0.29) is 0 Å². The van der Waals surface area contributed by atoms with Gasteiger partial charge in [-0.3, -0.25) is 11.5 Å². The van der Waals surface area contributed by atoms with Crippen molar-refractivity contribution >= 4 is 6.72 Å². The van der Waals surface area contributed by atoms with Crippen molar-refractivity contribution in [1.82, 2.24) is 0 Å². The third-order valence-corrected chi connectivity index (χ3v) is 0.511. The third-order valence-electron chi connectivity index (χ3n) is 0.511. The van der Waals surface area contributed by atoms with Crippen LogP contribution in [0.2, 0.25) is 0 Å². The molecule has 0 fully saturated rings. The molecule has 0 rings (SSSR count). The Labute approximate surface area is 51.6 Å². The van der Waals surface area contributed by atoms with Crippen LogP contribution in [-0.4, -0.2) is 12.7 Å². The molecule has 54 valence electrons. The number of rotatable bonds is 3. The summed E-state index contributed by atoms with van der Waals surface area (Å²) in [4.78, 5) is 7.10. The molecule has 7 heteroatoms. The second kappa shape index (κ2) is 2.82. The fourth-order valence-corrected chi connectivity index (χ4v) is 0.193. The molecule has 0 aliphatic rings. The quantitative estimate of drug-likeness (QED) is 0.138. The van der Waals surface area contributed by atoms with Gasteiger partial charge >= 0.3 is 5.97 Å². The smallest absolute Gasteiger partial charge is 0.327 e. The molecule has 0 spiro atoms. The maximum Gasteiger partial charge on any atom is 0.327 e. The molecular weight excluding hydrogens is 126 g/mol. The first-order valence-electron chi connectivity index (χ1n) is 2.02. The van der Waals surface area contributed by atoms with E-state index < -0.39 is 11.3 Å². The zero-order valence-electron chi connectivity index (χ0n) is 4.70.